The number of nitrogens with zero attached hydrogens (tertiary/aromatic N) is 1. The van der Waals surface area contributed by atoms with Crippen LogP contribution in [0.1, 0.15) is 54.6 Å². The standard InChI is InChI=1S/C26H28N2O4/c1-3-16-18-13-21(30)28(20(14-29)15-9-5-4-6-10-15)25(16)22-17-11-7-8-12-19(17)27-24(22)23(18)26(31)32-2/h4-12,16,18,20,23,25,27,29H,3,13-14H2,1-2H3/t16-,18+,20-,23?,25-/m0/s1. The highest BCUT2D eigenvalue weighted by Crippen LogP contribution is 2.57. The smallest absolute Gasteiger partial charge is 0.314 e. The fourth-order valence-electron chi connectivity index (χ4n) is 6.08. The minimum atomic E-state index is -0.501. The Morgan fingerprint density at radius 3 is 2.59 bits per heavy atom. The van der Waals surface area contributed by atoms with Crippen LogP contribution in [0.5, 0.6) is 0 Å². The molecule has 0 spiro atoms. The number of aromatic nitrogens is 1. The van der Waals surface area contributed by atoms with Crippen LogP contribution in [0.15, 0.2) is 54.6 Å². The number of para-hydroxylation sites is 1. The number of nitrogens with one attached hydrogen (secondary N) is 1. The second-order valence-corrected chi connectivity index (χ2v) is 8.79. The van der Waals surface area contributed by atoms with Crippen LogP contribution in [0.2, 0.25) is 0 Å². The largest absolute Gasteiger partial charge is 0.468 e. The quantitative estimate of drug-likeness (QED) is 0.595. The van der Waals surface area contributed by atoms with Crippen molar-refractivity contribution >= 4 is 22.8 Å². The zero-order valence-corrected chi connectivity index (χ0v) is 18.3. The second-order valence-electron chi connectivity index (χ2n) is 8.79. The van der Waals surface area contributed by atoms with Gasteiger partial charge in [-0.15, -0.1) is 0 Å². The monoisotopic (exact) mass is 432 g/mol. The van der Waals surface area contributed by atoms with Crippen molar-refractivity contribution in [2.45, 2.75) is 37.8 Å². The summed E-state index contributed by atoms with van der Waals surface area (Å²) >= 11 is 0. The number of aliphatic hydroxyl groups is 1. The van der Waals surface area contributed by atoms with Gasteiger partial charge in [0.15, 0.2) is 0 Å². The van der Waals surface area contributed by atoms with Gasteiger partial charge in [-0.1, -0.05) is 61.9 Å². The maximum atomic E-state index is 13.6. The Hall–Kier alpha value is -3.12. The number of aliphatic hydroxyl groups excluding tert-OH is 1. The number of likely N-dealkylation sites (tertiary alicyclic amines) is 1. The van der Waals surface area contributed by atoms with E-state index in [1.807, 2.05) is 59.5 Å². The Morgan fingerprint density at radius 2 is 1.91 bits per heavy atom. The number of aromatic amines is 1. The lowest BCUT2D eigenvalue weighted by atomic mass is 9.63. The van der Waals surface area contributed by atoms with Gasteiger partial charge in [0.2, 0.25) is 5.91 Å². The van der Waals surface area contributed by atoms with E-state index in [0.717, 1.165) is 34.1 Å². The lowest BCUT2D eigenvalue weighted by Gasteiger charge is -2.52. The van der Waals surface area contributed by atoms with Gasteiger partial charge < -0.3 is 19.7 Å². The van der Waals surface area contributed by atoms with E-state index in [0.29, 0.717) is 0 Å². The summed E-state index contributed by atoms with van der Waals surface area (Å²) in [5.41, 5.74) is 3.69. The lowest BCUT2D eigenvalue weighted by Crippen LogP contribution is -2.53. The molecular formula is C26H28N2O4. The Morgan fingerprint density at radius 1 is 1.19 bits per heavy atom. The fourth-order valence-corrected chi connectivity index (χ4v) is 6.08. The normalized spacial score (nSPS) is 25.5. The molecule has 166 valence electrons. The van der Waals surface area contributed by atoms with Gasteiger partial charge in [0.1, 0.15) is 5.92 Å². The highest BCUT2D eigenvalue weighted by atomic mass is 16.5. The fraction of sp³-hybridized carbons (Fsp3) is 0.385. The van der Waals surface area contributed by atoms with E-state index in [2.05, 4.69) is 11.9 Å². The van der Waals surface area contributed by atoms with Gasteiger partial charge in [0.05, 0.1) is 25.8 Å². The van der Waals surface area contributed by atoms with Crippen molar-refractivity contribution in [2.24, 2.45) is 11.8 Å². The van der Waals surface area contributed by atoms with Crippen molar-refractivity contribution in [3.63, 3.8) is 0 Å². The molecule has 1 unspecified atom stereocenters. The minimum Gasteiger partial charge on any atom is -0.468 e. The molecule has 0 radical (unpaired) electrons. The van der Waals surface area contributed by atoms with Crippen molar-refractivity contribution in [2.75, 3.05) is 13.7 Å². The van der Waals surface area contributed by atoms with Crippen molar-refractivity contribution in [1.29, 1.82) is 0 Å². The number of methoxy groups -OCH3 is 1. The van der Waals surface area contributed by atoms with Crippen LogP contribution in [0, 0.1) is 11.8 Å². The Bertz CT molecular complexity index is 1160. The average molecular weight is 433 g/mol. The number of hydrogen-bond acceptors (Lipinski definition) is 4. The van der Waals surface area contributed by atoms with E-state index in [1.54, 1.807) is 0 Å². The number of esters is 1. The topological polar surface area (TPSA) is 82.6 Å². The van der Waals surface area contributed by atoms with Gasteiger partial charge in [-0.2, -0.15) is 0 Å². The third-order valence-electron chi connectivity index (χ3n) is 7.38. The Kier molecular flexibility index (Phi) is 5.25. The number of carbonyl (C=O) groups is 2. The van der Waals surface area contributed by atoms with E-state index >= 15 is 0 Å². The lowest BCUT2D eigenvalue weighted by molar-refractivity contribution is -0.156. The molecule has 5 rings (SSSR count). The summed E-state index contributed by atoms with van der Waals surface area (Å²) in [6.07, 6.45) is 1.07. The van der Waals surface area contributed by atoms with Crippen LogP contribution in [0.4, 0.5) is 0 Å². The number of amides is 1. The molecule has 6 nitrogen and oxygen atoms in total. The predicted molar refractivity (Wildman–Crippen MR) is 121 cm³/mol. The molecule has 1 saturated heterocycles. The summed E-state index contributed by atoms with van der Waals surface area (Å²) in [5.74, 6) is -0.891. The van der Waals surface area contributed by atoms with Gasteiger partial charge in [0, 0.05) is 28.6 Å². The first-order valence-corrected chi connectivity index (χ1v) is 11.3. The summed E-state index contributed by atoms with van der Waals surface area (Å²) in [5, 5.41) is 11.4. The number of benzene rings is 2. The molecule has 2 heterocycles. The van der Waals surface area contributed by atoms with Gasteiger partial charge >= 0.3 is 5.97 Å². The number of hydrogen-bond donors (Lipinski definition) is 2. The highest BCUT2D eigenvalue weighted by Gasteiger charge is 2.55. The van der Waals surface area contributed by atoms with E-state index in [4.69, 9.17) is 4.74 Å². The van der Waals surface area contributed by atoms with Crippen molar-refractivity contribution < 1.29 is 19.4 Å². The van der Waals surface area contributed by atoms with Crippen LogP contribution in [0.25, 0.3) is 10.9 Å². The third-order valence-corrected chi connectivity index (χ3v) is 7.38. The van der Waals surface area contributed by atoms with Crippen LogP contribution >= 0.6 is 0 Å². The summed E-state index contributed by atoms with van der Waals surface area (Å²) in [6.45, 7) is 1.95. The first kappa shape index (κ1) is 20.8. The van der Waals surface area contributed by atoms with Gasteiger partial charge in [0.25, 0.3) is 0 Å². The van der Waals surface area contributed by atoms with Crippen LogP contribution in [0.3, 0.4) is 0 Å². The summed E-state index contributed by atoms with van der Waals surface area (Å²) < 4.78 is 5.20. The summed E-state index contributed by atoms with van der Waals surface area (Å²) in [6, 6.07) is 17.0. The van der Waals surface area contributed by atoms with E-state index in [1.165, 1.54) is 7.11 Å². The van der Waals surface area contributed by atoms with Crippen molar-refractivity contribution in [1.82, 2.24) is 9.88 Å². The number of fused-ring (bicyclic) bond motifs is 6. The molecule has 0 saturated carbocycles. The summed E-state index contributed by atoms with van der Waals surface area (Å²) in [7, 11) is 1.41. The van der Waals surface area contributed by atoms with Gasteiger partial charge in [-0.3, -0.25) is 9.59 Å². The number of rotatable bonds is 5. The zero-order chi connectivity index (χ0) is 22.4. The van der Waals surface area contributed by atoms with Crippen molar-refractivity contribution in [3.05, 3.63) is 71.4 Å². The SMILES string of the molecule is CC[C@@H]1[C@H]2c3c([nH]c4ccccc34)C(C(=O)OC)[C@@H]1CC(=O)N2[C@@H](CO)c1ccccc1. The molecule has 3 aromatic rings. The molecule has 1 aromatic heterocycles. The predicted octanol–water partition coefficient (Wildman–Crippen LogP) is 4.09. The zero-order valence-electron chi connectivity index (χ0n) is 18.3. The molecule has 1 aliphatic heterocycles. The van der Waals surface area contributed by atoms with E-state index in [-0.39, 0.29) is 42.8 Å². The number of carbonyl (C=O) groups excluding carboxylic acids is 2. The second kappa shape index (κ2) is 8.10. The van der Waals surface area contributed by atoms with Crippen LogP contribution in [-0.2, 0) is 14.3 Å². The number of ether oxygens (including phenoxy) is 1. The maximum absolute atomic E-state index is 13.6. The molecule has 32 heavy (non-hydrogen) atoms. The molecule has 1 aliphatic carbocycles. The van der Waals surface area contributed by atoms with Crippen molar-refractivity contribution in [3.8, 4) is 0 Å². The number of H-pyrrole nitrogens is 1. The molecule has 6 heteroatoms. The molecule has 2 aromatic carbocycles. The highest BCUT2D eigenvalue weighted by molar-refractivity contribution is 5.92. The van der Waals surface area contributed by atoms with E-state index < -0.39 is 12.0 Å². The molecular weight excluding hydrogens is 404 g/mol. The first-order chi connectivity index (χ1) is 15.6. The minimum absolute atomic E-state index is 0.0302. The Labute approximate surface area is 187 Å². The first-order valence-electron chi connectivity index (χ1n) is 11.3. The molecule has 1 amide bonds. The average Bonchev–Trinajstić information content (AvgIpc) is 3.20. The van der Waals surface area contributed by atoms with Crippen LogP contribution < -0.4 is 0 Å². The molecule has 1 fully saturated rings. The number of piperidine rings is 1. The third kappa shape index (κ3) is 2.97. The molecule has 2 aliphatic rings. The molecule has 2 bridgehead atoms. The molecule has 5 atom stereocenters. The van der Waals surface area contributed by atoms with Crippen LogP contribution in [-0.4, -0.2) is 40.6 Å². The van der Waals surface area contributed by atoms with Gasteiger partial charge in [-0.05, 0) is 23.5 Å². The maximum Gasteiger partial charge on any atom is 0.314 e. The summed E-state index contributed by atoms with van der Waals surface area (Å²) in [4.78, 5) is 31.9. The van der Waals surface area contributed by atoms with E-state index in [9.17, 15) is 14.7 Å². The Balaban J connectivity index is 1.76. The molecule has 2 N–H and O–H groups in total. The van der Waals surface area contributed by atoms with Gasteiger partial charge in [-0.25, -0.2) is 0 Å².